The molecule has 0 amide bonds. The van der Waals surface area contributed by atoms with Crippen molar-refractivity contribution in [2.24, 2.45) is 0 Å². The largest absolute Gasteiger partial charge is 0.631 e. The second kappa shape index (κ2) is 2.37. The van der Waals surface area contributed by atoms with Crippen LogP contribution in [0.25, 0.3) is 0 Å². The lowest BCUT2D eigenvalue weighted by Crippen LogP contribution is -1.82. The van der Waals surface area contributed by atoms with Gasteiger partial charge in [-0.25, -0.2) is 0 Å². The Balaban J connectivity index is 3.14. The van der Waals surface area contributed by atoms with Crippen molar-refractivity contribution in [2.45, 2.75) is 6.92 Å². The Morgan fingerprint density at radius 3 is 2.00 bits per heavy atom. The van der Waals surface area contributed by atoms with Crippen LogP contribution in [-0.4, -0.2) is 12.5 Å². The van der Waals surface area contributed by atoms with E-state index in [2.05, 4.69) is 0 Å². The minimum absolute atomic E-state index is 0.973. The average Bonchev–Trinajstić information content (AvgIpc) is 1.38. The van der Waals surface area contributed by atoms with Crippen LogP contribution in [0.4, 0.5) is 0 Å². The van der Waals surface area contributed by atoms with Crippen molar-refractivity contribution in [3.8, 4) is 0 Å². The van der Waals surface area contributed by atoms with E-state index in [0.29, 0.717) is 0 Å². The topological polar surface area (TPSA) is 23.1 Å². The van der Waals surface area contributed by atoms with Crippen LogP contribution in [0.1, 0.15) is 6.92 Å². The fraction of sp³-hybridized carbons (Fsp3) is 0.667. The summed E-state index contributed by atoms with van der Waals surface area (Å²) in [5.74, 6) is 1.68. The second-order valence-electron chi connectivity index (χ2n) is 0.804. The summed E-state index contributed by atoms with van der Waals surface area (Å²) in [6.07, 6.45) is 0. The molecule has 5 heavy (non-hydrogen) atoms. The molecule has 0 aliphatic rings. The summed E-state index contributed by atoms with van der Waals surface area (Å²) < 4.78 is 0. The molecule has 0 bridgehead atoms. The zero-order chi connectivity index (χ0) is 4.28. The lowest BCUT2D eigenvalue weighted by molar-refractivity contribution is -0.151. The van der Waals surface area contributed by atoms with Crippen LogP contribution in [0.15, 0.2) is 0 Å². The second-order valence-corrected chi connectivity index (χ2v) is 2.41. The Hall–Kier alpha value is 0.130. The maximum Gasteiger partial charge on any atom is 0.0919 e. The third kappa shape index (κ3) is 4.13. The van der Waals surface area contributed by atoms with E-state index in [1.54, 1.807) is 19.4 Å². The maximum atomic E-state index is 9.91. The summed E-state index contributed by atoms with van der Waals surface area (Å²) in [5, 5.41) is 0. The lowest BCUT2D eigenvalue weighted by atomic mass is 11.0. The SMILES string of the molecule is CC=[P+](C)[O-]. The van der Waals surface area contributed by atoms with Crippen LogP contribution in [0, 0.1) is 0 Å². The average molecular weight is 90.1 g/mol. The molecule has 1 nitrogen and oxygen atoms in total. The molecule has 30 valence electrons. The Bertz CT molecular complexity index is 44.9. The molecule has 0 aliphatic carbocycles. The molecular weight excluding hydrogens is 83.0 g/mol. The van der Waals surface area contributed by atoms with Crippen molar-refractivity contribution in [3.05, 3.63) is 0 Å². The molecule has 0 spiro atoms. The first-order valence-corrected chi connectivity index (χ1v) is 3.24. The van der Waals surface area contributed by atoms with Gasteiger partial charge in [0.2, 0.25) is 0 Å². The first kappa shape index (κ1) is 5.13. The highest BCUT2D eigenvalue weighted by atomic mass is 31.1. The molecule has 0 heterocycles. The van der Waals surface area contributed by atoms with Crippen LogP contribution < -0.4 is 4.89 Å². The third-order valence-electron chi connectivity index (χ3n) is 0.364. The van der Waals surface area contributed by atoms with E-state index in [0.717, 1.165) is 0 Å². The molecule has 0 aromatic carbocycles. The minimum atomic E-state index is -0.973. The van der Waals surface area contributed by atoms with Gasteiger partial charge in [0.05, 0.1) is 12.5 Å². The highest BCUT2D eigenvalue weighted by Crippen LogP contribution is 1.95. The summed E-state index contributed by atoms with van der Waals surface area (Å²) in [4.78, 5) is 9.91. The maximum absolute atomic E-state index is 9.91. The molecule has 0 aromatic rings. The van der Waals surface area contributed by atoms with E-state index in [-0.39, 0.29) is 0 Å². The molecule has 2 heteroatoms. The Morgan fingerprint density at radius 1 is 1.80 bits per heavy atom. The lowest BCUT2D eigenvalue weighted by Gasteiger charge is -1.77. The Kier molecular flexibility index (Phi) is 2.43. The minimum Gasteiger partial charge on any atom is -0.631 e. The standard InChI is InChI=1S/C3H7OP/c1-3-5(2)4/h3H,1-2H3. The van der Waals surface area contributed by atoms with E-state index >= 15 is 0 Å². The molecule has 1 unspecified atom stereocenters. The van der Waals surface area contributed by atoms with Gasteiger partial charge < -0.3 is 4.89 Å². The molecule has 0 aliphatic heterocycles. The van der Waals surface area contributed by atoms with E-state index in [4.69, 9.17) is 0 Å². The van der Waals surface area contributed by atoms with E-state index in [1.807, 2.05) is 0 Å². The fourth-order valence-corrected chi connectivity index (χ4v) is 0. The molecule has 0 saturated heterocycles. The van der Waals surface area contributed by atoms with Crippen LogP contribution in [-0.2, 0) is 0 Å². The van der Waals surface area contributed by atoms with Crippen molar-refractivity contribution in [2.75, 3.05) is 6.66 Å². The van der Waals surface area contributed by atoms with Crippen LogP contribution in [0.2, 0.25) is 0 Å². The summed E-state index contributed by atoms with van der Waals surface area (Å²) in [7, 11) is -0.973. The van der Waals surface area contributed by atoms with Gasteiger partial charge in [-0.15, -0.1) is 0 Å². The predicted octanol–water partition coefficient (Wildman–Crippen LogP) is 0.195. The zero-order valence-corrected chi connectivity index (χ0v) is 4.33. The molecule has 0 fully saturated rings. The molecule has 0 N–H and O–H groups in total. The predicted molar refractivity (Wildman–Crippen MR) is 24.6 cm³/mol. The first-order chi connectivity index (χ1) is 2.27. The zero-order valence-electron chi connectivity index (χ0n) is 3.43. The molecular formula is C3H7OP. The van der Waals surface area contributed by atoms with Gasteiger partial charge in [-0.2, -0.15) is 0 Å². The number of hydrogen-bond acceptors (Lipinski definition) is 1. The van der Waals surface area contributed by atoms with Gasteiger partial charge in [0.1, 0.15) is 0 Å². The van der Waals surface area contributed by atoms with E-state index < -0.39 is 7.77 Å². The van der Waals surface area contributed by atoms with E-state index in [1.165, 1.54) is 0 Å². The van der Waals surface area contributed by atoms with Crippen molar-refractivity contribution in [3.63, 3.8) is 0 Å². The Labute approximate surface area is 33.1 Å². The molecule has 0 rings (SSSR count). The Morgan fingerprint density at radius 2 is 2.00 bits per heavy atom. The summed E-state index contributed by atoms with van der Waals surface area (Å²) in [5.41, 5.74) is 0. The van der Waals surface area contributed by atoms with Gasteiger partial charge in [-0.3, -0.25) is 0 Å². The highest BCUT2D eigenvalue weighted by molar-refractivity contribution is 7.48. The van der Waals surface area contributed by atoms with Gasteiger partial charge in [0, 0.05) is 7.77 Å². The molecule has 1 atom stereocenters. The summed E-state index contributed by atoms with van der Waals surface area (Å²) >= 11 is 0. The van der Waals surface area contributed by atoms with Crippen LogP contribution in [0.5, 0.6) is 0 Å². The van der Waals surface area contributed by atoms with Gasteiger partial charge >= 0.3 is 0 Å². The third-order valence-corrected chi connectivity index (χ3v) is 1.09. The summed E-state index contributed by atoms with van der Waals surface area (Å²) in [6, 6.07) is 0. The smallest absolute Gasteiger partial charge is 0.0919 e. The molecule has 0 aromatic heterocycles. The quantitative estimate of drug-likeness (QED) is 0.389. The van der Waals surface area contributed by atoms with Crippen molar-refractivity contribution < 1.29 is 4.89 Å². The normalized spacial score (nSPS) is 12.2. The van der Waals surface area contributed by atoms with Crippen molar-refractivity contribution in [1.82, 2.24) is 0 Å². The van der Waals surface area contributed by atoms with E-state index in [9.17, 15) is 4.89 Å². The monoisotopic (exact) mass is 90.0 g/mol. The summed E-state index contributed by atoms with van der Waals surface area (Å²) in [6.45, 7) is 3.47. The fourth-order valence-electron chi connectivity index (χ4n) is 0. The van der Waals surface area contributed by atoms with Crippen LogP contribution in [0.3, 0.4) is 0 Å². The van der Waals surface area contributed by atoms with Crippen molar-refractivity contribution >= 4 is 13.6 Å². The van der Waals surface area contributed by atoms with Gasteiger partial charge in [0.15, 0.2) is 0 Å². The highest BCUT2D eigenvalue weighted by Gasteiger charge is 1.65. The number of hydrogen-bond donors (Lipinski definition) is 0. The van der Waals surface area contributed by atoms with Crippen molar-refractivity contribution in [1.29, 1.82) is 0 Å². The first-order valence-electron chi connectivity index (χ1n) is 1.47. The van der Waals surface area contributed by atoms with Crippen LogP contribution >= 0.6 is 7.77 Å². The molecule has 0 saturated carbocycles. The number of rotatable bonds is 0. The van der Waals surface area contributed by atoms with Gasteiger partial charge in [0.25, 0.3) is 0 Å². The van der Waals surface area contributed by atoms with Gasteiger partial charge in [-0.05, 0) is 6.92 Å². The molecule has 0 radical (unpaired) electrons. The van der Waals surface area contributed by atoms with Gasteiger partial charge in [-0.1, -0.05) is 0 Å².